The fourth-order valence-corrected chi connectivity index (χ4v) is 0.614. The topological polar surface area (TPSA) is 94.8 Å². The molecule has 0 fully saturated rings. The third-order valence-electron chi connectivity index (χ3n) is 1.49. The maximum atomic E-state index is 10.9. The second kappa shape index (κ2) is 3.75. The van der Waals surface area contributed by atoms with Gasteiger partial charge in [-0.15, -0.1) is 0 Å². The zero-order chi connectivity index (χ0) is 9.94. The molecule has 70 valence electrons. The Bertz CT molecular complexity index is 190. The molecule has 3 N–H and O–H groups in total. The minimum atomic E-state index is -3.04. The summed E-state index contributed by atoms with van der Waals surface area (Å²) < 4.78 is 0. The monoisotopic (exact) mass is 176 g/mol. The molecule has 12 heavy (non-hydrogen) atoms. The maximum absolute atomic E-state index is 10.9. The van der Waals surface area contributed by atoms with Gasteiger partial charge in [0.2, 0.25) is 0 Å². The molecule has 0 aromatic heterocycles. The lowest BCUT2D eigenvalue weighted by molar-refractivity contribution is -0.331. The van der Waals surface area contributed by atoms with Gasteiger partial charge in [-0.05, 0) is 13.8 Å². The number of hydrogen-bond donors (Lipinski definition) is 3. The van der Waals surface area contributed by atoms with Crippen molar-refractivity contribution >= 4 is 11.6 Å². The Hall–Kier alpha value is -0.780. The first-order chi connectivity index (χ1) is 5.25. The summed E-state index contributed by atoms with van der Waals surface area (Å²) in [6.07, 6.45) is -0.398. The number of rotatable bonds is 4. The zero-order valence-corrected chi connectivity index (χ0v) is 6.94. The summed E-state index contributed by atoms with van der Waals surface area (Å²) in [5, 5.41) is 25.6. The normalized spacial score (nSPS) is 14.1. The molecule has 0 amide bonds. The third kappa shape index (κ3) is 3.56. The molecule has 5 nitrogen and oxygen atoms in total. The van der Waals surface area contributed by atoms with Gasteiger partial charge in [0.1, 0.15) is 5.78 Å². The van der Waals surface area contributed by atoms with Crippen molar-refractivity contribution in [2.75, 3.05) is 0 Å². The molecule has 0 spiro atoms. The molecule has 0 heterocycles. The van der Waals surface area contributed by atoms with Gasteiger partial charge < -0.3 is 15.3 Å². The van der Waals surface area contributed by atoms with Crippen LogP contribution in [0.15, 0.2) is 0 Å². The molecule has 0 rings (SSSR count). The number of ketones is 2. The van der Waals surface area contributed by atoms with E-state index in [0.29, 0.717) is 0 Å². The Morgan fingerprint density at radius 1 is 1.33 bits per heavy atom. The molecular weight excluding hydrogens is 164 g/mol. The summed E-state index contributed by atoms with van der Waals surface area (Å²) in [6.45, 7) is 2.34. The molecule has 0 aromatic carbocycles. The van der Waals surface area contributed by atoms with E-state index in [-0.39, 0.29) is 5.78 Å². The third-order valence-corrected chi connectivity index (χ3v) is 1.49. The number of Topliss-reactive ketones (excluding diaryl/α,β-unsaturated/α-hetero) is 2. The zero-order valence-electron chi connectivity index (χ0n) is 6.94. The second-order valence-electron chi connectivity index (χ2n) is 2.75. The molecule has 0 aliphatic rings. The van der Waals surface area contributed by atoms with E-state index in [2.05, 4.69) is 0 Å². The molecule has 1 unspecified atom stereocenters. The van der Waals surface area contributed by atoms with Crippen molar-refractivity contribution in [2.24, 2.45) is 5.92 Å². The van der Waals surface area contributed by atoms with Gasteiger partial charge in [0.25, 0.3) is 5.97 Å². The van der Waals surface area contributed by atoms with Crippen LogP contribution < -0.4 is 0 Å². The van der Waals surface area contributed by atoms with Gasteiger partial charge in [-0.3, -0.25) is 9.59 Å². The average molecular weight is 176 g/mol. The molecule has 0 saturated heterocycles. The lowest BCUT2D eigenvalue weighted by Gasteiger charge is -2.20. The Labute approximate surface area is 69.6 Å². The van der Waals surface area contributed by atoms with E-state index in [0.717, 1.165) is 6.92 Å². The summed E-state index contributed by atoms with van der Waals surface area (Å²) in [6, 6.07) is 0. The number of carbonyl (C=O) groups excluding carboxylic acids is 2. The van der Waals surface area contributed by atoms with E-state index in [4.69, 9.17) is 15.3 Å². The molecule has 0 aliphatic carbocycles. The first-order valence-corrected chi connectivity index (χ1v) is 3.44. The van der Waals surface area contributed by atoms with E-state index >= 15 is 0 Å². The number of hydrogen-bond acceptors (Lipinski definition) is 5. The summed E-state index contributed by atoms with van der Waals surface area (Å²) in [4.78, 5) is 21.3. The molecule has 0 radical (unpaired) electrons. The fourth-order valence-electron chi connectivity index (χ4n) is 0.614. The highest BCUT2D eigenvalue weighted by Crippen LogP contribution is 2.13. The van der Waals surface area contributed by atoms with Crippen molar-refractivity contribution in [3.05, 3.63) is 0 Å². The van der Waals surface area contributed by atoms with Crippen LogP contribution in [0.3, 0.4) is 0 Å². The Kier molecular flexibility index (Phi) is 3.51. The number of carbonyl (C=O) groups is 2. The summed E-state index contributed by atoms with van der Waals surface area (Å²) in [5.41, 5.74) is 0. The number of aliphatic hydroxyl groups is 3. The van der Waals surface area contributed by atoms with Crippen molar-refractivity contribution in [3.63, 3.8) is 0 Å². The van der Waals surface area contributed by atoms with Gasteiger partial charge in [0.15, 0.2) is 5.78 Å². The van der Waals surface area contributed by atoms with Crippen LogP contribution in [0.1, 0.15) is 20.3 Å². The first kappa shape index (κ1) is 11.2. The predicted octanol–water partition coefficient (Wildman–Crippen LogP) is -1.20. The van der Waals surface area contributed by atoms with Gasteiger partial charge in [0, 0.05) is 0 Å². The highest BCUT2D eigenvalue weighted by atomic mass is 16.7. The van der Waals surface area contributed by atoms with Crippen LogP contribution >= 0.6 is 0 Å². The van der Waals surface area contributed by atoms with Crippen molar-refractivity contribution in [3.8, 4) is 0 Å². The standard InChI is InChI=1S/C7H12O5/c1-4(8)3-6(9)5(2)7(10,11)12/h5,10-12H,3H2,1-2H3. The molecule has 0 saturated carbocycles. The summed E-state index contributed by atoms with van der Waals surface area (Å²) in [5.74, 6) is -5.49. The van der Waals surface area contributed by atoms with Gasteiger partial charge in [-0.25, -0.2) is 0 Å². The van der Waals surface area contributed by atoms with Gasteiger partial charge in [-0.2, -0.15) is 0 Å². The Balaban J connectivity index is 4.21. The molecule has 0 aromatic rings. The Morgan fingerprint density at radius 2 is 1.75 bits per heavy atom. The van der Waals surface area contributed by atoms with E-state index in [1.807, 2.05) is 0 Å². The molecule has 0 aliphatic heterocycles. The van der Waals surface area contributed by atoms with Crippen LogP contribution in [0.5, 0.6) is 0 Å². The van der Waals surface area contributed by atoms with Crippen LogP contribution in [-0.4, -0.2) is 32.9 Å². The Morgan fingerprint density at radius 3 is 2.00 bits per heavy atom. The van der Waals surface area contributed by atoms with Crippen LogP contribution in [0, 0.1) is 5.92 Å². The SMILES string of the molecule is CC(=O)CC(=O)C(C)C(O)(O)O. The van der Waals surface area contributed by atoms with Gasteiger partial charge in [-0.1, -0.05) is 0 Å². The maximum Gasteiger partial charge on any atom is 0.285 e. The molecular formula is C7H12O5. The quantitative estimate of drug-likeness (QED) is 0.369. The minimum Gasteiger partial charge on any atom is -0.343 e. The van der Waals surface area contributed by atoms with Crippen molar-refractivity contribution in [1.82, 2.24) is 0 Å². The summed E-state index contributed by atoms with van der Waals surface area (Å²) in [7, 11) is 0. The van der Waals surface area contributed by atoms with E-state index in [9.17, 15) is 9.59 Å². The predicted molar refractivity (Wildman–Crippen MR) is 38.9 cm³/mol. The highest BCUT2D eigenvalue weighted by Gasteiger charge is 2.33. The molecule has 1 atom stereocenters. The molecule has 0 bridgehead atoms. The largest absolute Gasteiger partial charge is 0.343 e. The van der Waals surface area contributed by atoms with Crippen molar-refractivity contribution in [2.45, 2.75) is 26.2 Å². The van der Waals surface area contributed by atoms with Crippen molar-refractivity contribution < 1.29 is 24.9 Å². The minimum absolute atomic E-state index is 0.379. The van der Waals surface area contributed by atoms with Gasteiger partial charge in [0.05, 0.1) is 12.3 Å². The van der Waals surface area contributed by atoms with Gasteiger partial charge >= 0.3 is 0 Å². The second-order valence-corrected chi connectivity index (χ2v) is 2.75. The van der Waals surface area contributed by atoms with E-state index in [1.54, 1.807) is 0 Å². The van der Waals surface area contributed by atoms with E-state index in [1.165, 1.54) is 6.92 Å². The highest BCUT2D eigenvalue weighted by molar-refractivity contribution is 5.99. The lowest BCUT2D eigenvalue weighted by atomic mass is 10.00. The van der Waals surface area contributed by atoms with Crippen LogP contribution in [0.4, 0.5) is 0 Å². The fraction of sp³-hybridized carbons (Fsp3) is 0.714. The molecule has 5 heteroatoms. The van der Waals surface area contributed by atoms with Crippen LogP contribution in [0.25, 0.3) is 0 Å². The van der Waals surface area contributed by atoms with Crippen molar-refractivity contribution in [1.29, 1.82) is 0 Å². The summed E-state index contributed by atoms with van der Waals surface area (Å²) >= 11 is 0. The lowest BCUT2D eigenvalue weighted by Crippen LogP contribution is -2.40. The van der Waals surface area contributed by atoms with Crippen LogP contribution in [0.2, 0.25) is 0 Å². The van der Waals surface area contributed by atoms with E-state index < -0.39 is 24.1 Å². The first-order valence-electron chi connectivity index (χ1n) is 3.44. The smallest absolute Gasteiger partial charge is 0.285 e. The average Bonchev–Trinajstić information content (AvgIpc) is 1.82. The van der Waals surface area contributed by atoms with Crippen LogP contribution in [-0.2, 0) is 9.59 Å².